The first kappa shape index (κ1) is 33.0. The molecule has 3 heteroatoms. The molecule has 0 N–H and O–H groups in total. The number of hydrogen-bond acceptors (Lipinski definition) is 1. The van der Waals surface area contributed by atoms with E-state index in [1.807, 2.05) is 11.3 Å². The van der Waals surface area contributed by atoms with Crippen LogP contribution in [0.15, 0.2) is 158 Å². The van der Waals surface area contributed by atoms with Gasteiger partial charge in [-0.1, -0.05) is 119 Å². The lowest BCUT2D eigenvalue weighted by molar-refractivity contribution is 0.332. The van der Waals surface area contributed by atoms with E-state index in [-0.39, 0.29) is 10.8 Å². The second-order valence-electron chi connectivity index (χ2n) is 17.6. The average Bonchev–Trinajstić information content (AvgIpc) is 3.89. The Bertz CT molecular complexity index is 3440. The molecule has 0 radical (unpaired) electrons. The molecule has 0 fully saturated rings. The van der Waals surface area contributed by atoms with E-state index in [4.69, 9.17) is 0 Å². The van der Waals surface area contributed by atoms with Crippen LogP contribution in [-0.2, 0) is 10.8 Å². The third kappa shape index (κ3) is 4.70. The largest absolute Gasteiger partial charge is 0.309 e. The lowest BCUT2D eigenvalue weighted by atomic mass is 9.63. The maximum Gasteiger partial charge on any atom is 0.0549 e. The summed E-state index contributed by atoms with van der Waals surface area (Å²) in [4.78, 5) is 0. The molecular formula is C54H42N2S. The minimum Gasteiger partial charge on any atom is -0.309 e. The van der Waals surface area contributed by atoms with E-state index in [0.29, 0.717) is 0 Å². The van der Waals surface area contributed by atoms with Crippen LogP contribution in [0.3, 0.4) is 0 Å². The molecule has 0 amide bonds. The smallest absolute Gasteiger partial charge is 0.0549 e. The Morgan fingerprint density at radius 2 is 1.02 bits per heavy atom. The fourth-order valence-electron chi connectivity index (χ4n) is 10.3. The molecule has 12 rings (SSSR count). The molecule has 0 saturated carbocycles. The quantitative estimate of drug-likeness (QED) is 0.170. The van der Waals surface area contributed by atoms with Gasteiger partial charge in [0, 0.05) is 53.1 Å². The number of fused-ring (bicyclic) bond motifs is 12. The molecule has 0 spiro atoms. The van der Waals surface area contributed by atoms with Crippen LogP contribution in [0.4, 0.5) is 0 Å². The lowest BCUT2D eigenvalue weighted by Gasteiger charge is -2.42. The molecule has 1 aliphatic carbocycles. The molecule has 0 atom stereocenters. The molecule has 11 aromatic rings. The Balaban J connectivity index is 1.18. The van der Waals surface area contributed by atoms with E-state index in [0.717, 1.165) is 0 Å². The zero-order valence-electron chi connectivity index (χ0n) is 32.7. The number of aromatic nitrogens is 2. The maximum absolute atomic E-state index is 2.57. The molecule has 0 aliphatic heterocycles. The standard InChI is InChI=1S/C54H42N2S/c1-53(2)27-28-54(3,4)44-32-48-40(29-43(44)53)41-30-47-42(51-37-16-9-8-13-33(37)23-26-45(51)55(47)35-14-6-5-7-15-35)31-46(41)56(48)36-24-21-34(22-25-36)38-18-12-20-50-52(38)39-17-10-11-19-49(39)57-50/h5-26,29-32H,27-28H2,1-4H3. The van der Waals surface area contributed by atoms with Gasteiger partial charge in [-0.3, -0.25) is 0 Å². The van der Waals surface area contributed by atoms with Gasteiger partial charge in [0.1, 0.15) is 0 Å². The van der Waals surface area contributed by atoms with Crippen LogP contribution >= 0.6 is 11.3 Å². The number of benzene rings is 8. The van der Waals surface area contributed by atoms with Gasteiger partial charge in [0.15, 0.2) is 0 Å². The third-order valence-electron chi connectivity index (χ3n) is 13.4. The first-order valence-electron chi connectivity index (χ1n) is 20.3. The summed E-state index contributed by atoms with van der Waals surface area (Å²) in [7, 11) is 0. The number of hydrogen-bond donors (Lipinski definition) is 0. The van der Waals surface area contributed by atoms with Crippen LogP contribution in [-0.4, -0.2) is 9.13 Å². The van der Waals surface area contributed by atoms with Crippen molar-refractivity contribution >= 4 is 85.9 Å². The molecular weight excluding hydrogens is 709 g/mol. The summed E-state index contributed by atoms with van der Waals surface area (Å²) in [6, 6.07) is 59.4. The van der Waals surface area contributed by atoms with Gasteiger partial charge >= 0.3 is 0 Å². The van der Waals surface area contributed by atoms with Gasteiger partial charge in [-0.05, 0) is 123 Å². The molecule has 274 valence electrons. The van der Waals surface area contributed by atoms with Gasteiger partial charge in [-0.25, -0.2) is 0 Å². The Morgan fingerprint density at radius 1 is 0.421 bits per heavy atom. The third-order valence-corrected chi connectivity index (χ3v) is 14.5. The second kappa shape index (κ2) is 11.7. The summed E-state index contributed by atoms with van der Waals surface area (Å²) in [5.74, 6) is 0. The fraction of sp³-hybridized carbons (Fsp3) is 0.148. The highest BCUT2D eigenvalue weighted by Crippen LogP contribution is 2.50. The van der Waals surface area contributed by atoms with Crippen LogP contribution in [0.2, 0.25) is 0 Å². The van der Waals surface area contributed by atoms with Gasteiger partial charge in [-0.15, -0.1) is 11.3 Å². The monoisotopic (exact) mass is 750 g/mol. The lowest BCUT2D eigenvalue weighted by Crippen LogP contribution is -2.33. The summed E-state index contributed by atoms with van der Waals surface area (Å²) >= 11 is 1.88. The van der Waals surface area contributed by atoms with Crippen molar-refractivity contribution in [2.24, 2.45) is 0 Å². The van der Waals surface area contributed by atoms with Crippen molar-refractivity contribution in [2.75, 3.05) is 0 Å². The summed E-state index contributed by atoms with van der Waals surface area (Å²) in [5, 5.41) is 10.4. The molecule has 0 saturated heterocycles. The summed E-state index contributed by atoms with van der Waals surface area (Å²) in [5.41, 5.74) is 13.1. The van der Waals surface area contributed by atoms with Crippen molar-refractivity contribution < 1.29 is 0 Å². The fourth-order valence-corrected chi connectivity index (χ4v) is 11.4. The van der Waals surface area contributed by atoms with Crippen molar-refractivity contribution in [1.82, 2.24) is 9.13 Å². The highest BCUT2D eigenvalue weighted by Gasteiger charge is 2.38. The van der Waals surface area contributed by atoms with E-state index in [9.17, 15) is 0 Å². The van der Waals surface area contributed by atoms with E-state index in [1.165, 1.54) is 121 Å². The molecule has 57 heavy (non-hydrogen) atoms. The van der Waals surface area contributed by atoms with E-state index in [2.05, 4.69) is 195 Å². The minimum absolute atomic E-state index is 0.0932. The number of rotatable bonds is 3. The number of para-hydroxylation sites is 1. The topological polar surface area (TPSA) is 9.86 Å². The summed E-state index contributed by atoms with van der Waals surface area (Å²) in [6.07, 6.45) is 2.37. The molecule has 1 aliphatic rings. The SMILES string of the molecule is CC1(C)CCC(C)(C)c2cc3c(cc21)c1cc2c(cc1n3-c1ccc(-c3cccc4sc5ccccc5c34)cc1)c1c3ccccc3ccc1n2-c1ccccc1. The Hall–Kier alpha value is -6.16. The van der Waals surface area contributed by atoms with Crippen LogP contribution < -0.4 is 0 Å². The molecule has 8 aromatic carbocycles. The average molecular weight is 751 g/mol. The van der Waals surface area contributed by atoms with Gasteiger partial charge in [-0.2, -0.15) is 0 Å². The predicted octanol–water partition coefficient (Wildman–Crippen LogP) is 15.4. The molecule has 0 bridgehead atoms. The van der Waals surface area contributed by atoms with Crippen LogP contribution in [0.5, 0.6) is 0 Å². The van der Waals surface area contributed by atoms with Crippen LogP contribution in [0, 0.1) is 0 Å². The zero-order chi connectivity index (χ0) is 38.2. The highest BCUT2D eigenvalue weighted by molar-refractivity contribution is 7.25. The van der Waals surface area contributed by atoms with Gasteiger partial charge in [0.05, 0.1) is 22.1 Å². The first-order valence-corrected chi connectivity index (χ1v) is 21.1. The van der Waals surface area contributed by atoms with Crippen molar-refractivity contribution in [3.05, 3.63) is 169 Å². The molecule has 2 nitrogen and oxygen atoms in total. The summed E-state index contributed by atoms with van der Waals surface area (Å²) in [6.45, 7) is 9.77. The first-order chi connectivity index (χ1) is 27.7. The second-order valence-corrected chi connectivity index (χ2v) is 18.7. The number of thiophene rings is 1. The Labute approximate surface area is 336 Å². The minimum atomic E-state index is 0.0932. The van der Waals surface area contributed by atoms with E-state index in [1.54, 1.807) is 0 Å². The maximum atomic E-state index is 2.57. The van der Waals surface area contributed by atoms with Crippen LogP contribution in [0.25, 0.3) is 97.1 Å². The van der Waals surface area contributed by atoms with Crippen molar-refractivity contribution in [3.8, 4) is 22.5 Å². The Kier molecular flexibility index (Phi) is 6.77. The zero-order valence-corrected chi connectivity index (χ0v) is 33.5. The summed E-state index contributed by atoms with van der Waals surface area (Å²) < 4.78 is 7.71. The van der Waals surface area contributed by atoms with E-state index < -0.39 is 0 Å². The van der Waals surface area contributed by atoms with Crippen molar-refractivity contribution in [3.63, 3.8) is 0 Å². The van der Waals surface area contributed by atoms with Crippen molar-refractivity contribution in [1.29, 1.82) is 0 Å². The molecule has 3 heterocycles. The molecule has 3 aromatic heterocycles. The van der Waals surface area contributed by atoms with Gasteiger partial charge in [0.2, 0.25) is 0 Å². The highest BCUT2D eigenvalue weighted by atomic mass is 32.1. The van der Waals surface area contributed by atoms with E-state index >= 15 is 0 Å². The molecule has 0 unspecified atom stereocenters. The Morgan fingerprint density at radius 3 is 1.82 bits per heavy atom. The predicted molar refractivity (Wildman–Crippen MR) is 246 cm³/mol. The van der Waals surface area contributed by atoms with Gasteiger partial charge < -0.3 is 9.13 Å². The van der Waals surface area contributed by atoms with Crippen LogP contribution in [0.1, 0.15) is 51.7 Å². The number of nitrogens with zero attached hydrogens (tertiary/aromatic N) is 2. The van der Waals surface area contributed by atoms with Crippen molar-refractivity contribution in [2.45, 2.75) is 51.4 Å². The van der Waals surface area contributed by atoms with Gasteiger partial charge in [0.25, 0.3) is 0 Å². The normalized spacial score (nSPS) is 15.2.